The van der Waals surface area contributed by atoms with Crippen LogP contribution < -0.4 is 5.32 Å². The molecule has 2 N–H and O–H groups in total. The lowest BCUT2D eigenvalue weighted by Gasteiger charge is -2.18. The van der Waals surface area contributed by atoms with E-state index in [0.29, 0.717) is 19.6 Å². The monoisotopic (exact) mass is 472 g/mol. The van der Waals surface area contributed by atoms with Crippen molar-refractivity contribution in [2.24, 2.45) is 0 Å². The van der Waals surface area contributed by atoms with Gasteiger partial charge in [0.2, 0.25) is 0 Å². The second-order valence-corrected chi connectivity index (χ2v) is 9.11. The summed E-state index contributed by atoms with van der Waals surface area (Å²) in [6, 6.07) is 37.8. The molecule has 0 amide bonds. The number of aliphatic hydroxyl groups is 1. The van der Waals surface area contributed by atoms with E-state index in [1.165, 1.54) is 27.3 Å². The molecule has 0 spiro atoms. The van der Waals surface area contributed by atoms with Crippen LogP contribution in [0.1, 0.15) is 5.76 Å². The summed E-state index contributed by atoms with van der Waals surface area (Å²) in [5.41, 5.74) is 5.76. The van der Waals surface area contributed by atoms with Crippen LogP contribution in [0.3, 0.4) is 0 Å². The van der Waals surface area contributed by atoms with E-state index in [1.54, 1.807) is 6.26 Å². The van der Waals surface area contributed by atoms with Crippen molar-refractivity contribution in [1.82, 2.24) is 9.88 Å². The van der Waals surface area contributed by atoms with Gasteiger partial charge in [-0.15, -0.1) is 0 Å². The summed E-state index contributed by atoms with van der Waals surface area (Å²) in [4.78, 5) is 0. The molecule has 0 bridgehead atoms. The zero-order valence-corrected chi connectivity index (χ0v) is 20.0. The van der Waals surface area contributed by atoms with E-state index < -0.39 is 6.10 Å². The number of nitrogens with zero attached hydrogens (tertiary/aromatic N) is 1. The zero-order valence-electron chi connectivity index (χ0n) is 20.0. The number of hydrogen-bond acceptors (Lipinski definition) is 3. The SMILES string of the molecule is OC(CNCc1ccco1)Cn1c(-c2ccccc2)c(-c2ccccc2)c2ccc3ccccc3c21. The van der Waals surface area contributed by atoms with Crippen LogP contribution in [-0.4, -0.2) is 22.3 Å². The smallest absolute Gasteiger partial charge is 0.117 e. The van der Waals surface area contributed by atoms with E-state index in [2.05, 4.69) is 101 Å². The Morgan fingerprint density at radius 2 is 1.44 bits per heavy atom. The van der Waals surface area contributed by atoms with E-state index in [1.807, 2.05) is 18.2 Å². The first-order chi connectivity index (χ1) is 17.8. The number of benzene rings is 4. The third-order valence-corrected chi connectivity index (χ3v) is 6.71. The summed E-state index contributed by atoms with van der Waals surface area (Å²) in [5, 5.41) is 18.1. The Hall–Kier alpha value is -4.12. The number of hydrogen-bond donors (Lipinski definition) is 2. The van der Waals surface area contributed by atoms with Gasteiger partial charge in [-0.05, 0) is 28.6 Å². The summed E-state index contributed by atoms with van der Waals surface area (Å²) in [7, 11) is 0. The van der Waals surface area contributed by atoms with Crippen molar-refractivity contribution in [3.63, 3.8) is 0 Å². The highest BCUT2D eigenvalue weighted by atomic mass is 16.3. The minimum absolute atomic E-state index is 0.458. The largest absolute Gasteiger partial charge is 0.468 e. The number of rotatable bonds is 8. The molecule has 6 aromatic rings. The predicted octanol–water partition coefficient (Wildman–Crippen LogP) is 6.87. The third-order valence-electron chi connectivity index (χ3n) is 6.71. The van der Waals surface area contributed by atoms with E-state index in [9.17, 15) is 5.11 Å². The predicted molar refractivity (Wildman–Crippen MR) is 147 cm³/mol. The molecule has 0 radical (unpaired) electrons. The van der Waals surface area contributed by atoms with Gasteiger partial charge in [-0.25, -0.2) is 0 Å². The summed E-state index contributed by atoms with van der Waals surface area (Å²) in [5.74, 6) is 0.857. The van der Waals surface area contributed by atoms with Crippen molar-refractivity contribution in [1.29, 1.82) is 0 Å². The standard InChI is InChI=1S/C32H28N2O2/c35-26(20-33-21-27-15-9-19-36-27)22-34-31(25-13-5-2-6-14-25)30(24-11-3-1-4-12-24)29-18-17-23-10-7-8-16-28(23)32(29)34/h1-19,26,33,35H,20-22H2. The van der Waals surface area contributed by atoms with Crippen LogP contribution in [0, 0.1) is 0 Å². The molecule has 2 heterocycles. The van der Waals surface area contributed by atoms with Crippen molar-refractivity contribution in [3.05, 3.63) is 121 Å². The maximum Gasteiger partial charge on any atom is 0.117 e. The summed E-state index contributed by atoms with van der Waals surface area (Å²) >= 11 is 0. The van der Waals surface area contributed by atoms with Gasteiger partial charge >= 0.3 is 0 Å². The average molecular weight is 473 g/mol. The minimum Gasteiger partial charge on any atom is -0.468 e. The number of furan rings is 1. The van der Waals surface area contributed by atoms with Crippen molar-refractivity contribution in [2.75, 3.05) is 6.54 Å². The normalized spacial score (nSPS) is 12.4. The molecule has 2 aromatic heterocycles. The average Bonchev–Trinajstić information content (AvgIpc) is 3.56. The van der Waals surface area contributed by atoms with Gasteiger partial charge in [-0.2, -0.15) is 0 Å². The van der Waals surface area contributed by atoms with Crippen LogP contribution in [0.5, 0.6) is 0 Å². The lowest BCUT2D eigenvalue weighted by atomic mass is 9.97. The fourth-order valence-electron chi connectivity index (χ4n) is 5.15. The molecule has 6 rings (SSSR count). The van der Waals surface area contributed by atoms with E-state index in [0.717, 1.165) is 22.5 Å². The lowest BCUT2D eigenvalue weighted by Crippen LogP contribution is -2.30. The van der Waals surface area contributed by atoms with Crippen LogP contribution in [0.15, 0.2) is 120 Å². The summed E-state index contributed by atoms with van der Waals surface area (Å²) in [6.07, 6.45) is 1.09. The van der Waals surface area contributed by atoms with Gasteiger partial charge in [0.1, 0.15) is 5.76 Å². The van der Waals surface area contributed by atoms with Crippen molar-refractivity contribution >= 4 is 21.7 Å². The first kappa shape index (κ1) is 22.4. The van der Waals surface area contributed by atoms with Gasteiger partial charge in [-0.1, -0.05) is 97.1 Å². The molecule has 36 heavy (non-hydrogen) atoms. The molecule has 0 aliphatic carbocycles. The first-order valence-electron chi connectivity index (χ1n) is 12.4. The maximum absolute atomic E-state index is 11.2. The molecule has 4 nitrogen and oxygen atoms in total. The number of aliphatic hydroxyl groups excluding tert-OH is 1. The highest BCUT2D eigenvalue weighted by molar-refractivity contribution is 6.15. The first-order valence-corrected chi connectivity index (χ1v) is 12.4. The third kappa shape index (κ3) is 4.22. The van der Waals surface area contributed by atoms with Crippen molar-refractivity contribution in [2.45, 2.75) is 19.2 Å². The second kappa shape index (κ2) is 9.86. The highest BCUT2D eigenvalue weighted by Crippen LogP contribution is 2.43. The summed E-state index contributed by atoms with van der Waals surface area (Å²) in [6.45, 7) is 1.51. The molecular formula is C32H28N2O2. The Morgan fingerprint density at radius 1 is 0.722 bits per heavy atom. The number of nitrogens with one attached hydrogen (secondary N) is 1. The van der Waals surface area contributed by atoms with Crippen molar-refractivity contribution in [3.8, 4) is 22.4 Å². The quantitative estimate of drug-likeness (QED) is 0.254. The van der Waals surface area contributed by atoms with Crippen LogP contribution in [0.2, 0.25) is 0 Å². The van der Waals surface area contributed by atoms with Crippen LogP contribution >= 0.6 is 0 Å². The van der Waals surface area contributed by atoms with E-state index in [-0.39, 0.29) is 0 Å². The fraction of sp³-hybridized carbons (Fsp3) is 0.125. The topological polar surface area (TPSA) is 50.3 Å². The second-order valence-electron chi connectivity index (χ2n) is 9.11. The maximum atomic E-state index is 11.2. The molecule has 0 fully saturated rings. The van der Waals surface area contributed by atoms with Gasteiger partial charge in [0.15, 0.2) is 0 Å². The van der Waals surface area contributed by atoms with Gasteiger partial charge in [-0.3, -0.25) is 0 Å². The van der Waals surface area contributed by atoms with Crippen LogP contribution in [0.4, 0.5) is 0 Å². The molecule has 0 saturated carbocycles. The van der Waals surface area contributed by atoms with Crippen molar-refractivity contribution < 1.29 is 9.52 Å². The molecule has 1 atom stereocenters. The number of fused-ring (bicyclic) bond motifs is 3. The molecule has 0 saturated heterocycles. The Bertz CT molecular complexity index is 1590. The molecular weight excluding hydrogens is 444 g/mol. The molecule has 1 unspecified atom stereocenters. The lowest BCUT2D eigenvalue weighted by molar-refractivity contribution is 0.152. The fourth-order valence-corrected chi connectivity index (χ4v) is 5.15. The Balaban J connectivity index is 1.53. The van der Waals surface area contributed by atoms with Crippen LogP contribution in [-0.2, 0) is 13.1 Å². The minimum atomic E-state index is -0.583. The van der Waals surface area contributed by atoms with Gasteiger partial charge in [0, 0.05) is 22.9 Å². The molecule has 0 aliphatic heterocycles. The van der Waals surface area contributed by atoms with Gasteiger partial charge < -0.3 is 19.4 Å². The highest BCUT2D eigenvalue weighted by Gasteiger charge is 2.23. The van der Waals surface area contributed by atoms with Crippen LogP contribution in [0.25, 0.3) is 44.1 Å². The Labute approximate surface area is 210 Å². The zero-order chi connectivity index (χ0) is 24.3. The summed E-state index contributed by atoms with van der Waals surface area (Å²) < 4.78 is 7.73. The molecule has 4 aromatic carbocycles. The molecule has 0 aliphatic rings. The molecule has 4 heteroatoms. The van der Waals surface area contributed by atoms with E-state index in [4.69, 9.17) is 4.42 Å². The number of aromatic nitrogens is 1. The Kier molecular flexibility index (Phi) is 6.12. The van der Waals surface area contributed by atoms with Gasteiger partial charge in [0.25, 0.3) is 0 Å². The van der Waals surface area contributed by atoms with Gasteiger partial charge in [0.05, 0.1) is 36.7 Å². The Morgan fingerprint density at radius 3 is 2.19 bits per heavy atom. The molecule has 178 valence electrons. The van der Waals surface area contributed by atoms with E-state index >= 15 is 0 Å².